The minimum absolute atomic E-state index is 0.136. The monoisotopic (exact) mass is 337 g/mol. The van der Waals surface area contributed by atoms with Crippen molar-refractivity contribution in [2.24, 2.45) is 0 Å². The molecule has 0 spiro atoms. The molecule has 2 aliphatic rings. The average Bonchev–Trinajstić information content (AvgIpc) is 2.99. The Hall–Kier alpha value is -2.53. The first-order chi connectivity index (χ1) is 12.2. The number of nitrogens with zero attached hydrogens (tertiary/aromatic N) is 3. The molecule has 130 valence electrons. The highest BCUT2D eigenvalue weighted by molar-refractivity contribution is 5.94. The van der Waals surface area contributed by atoms with Gasteiger partial charge < -0.3 is 9.64 Å². The summed E-state index contributed by atoms with van der Waals surface area (Å²) in [5.74, 6) is 0.891. The molecule has 2 amide bonds. The lowest BCUT2D eigenvalue weighted by molar-refractivity contribution is 0.116. The second-order valence-corrected chi connectivity index (χ2v) is 6.66. The Kier molecular flexibility index (Phi) is 4.32. The molecule has 2 aliphatic heterocycles. The van der Waals surface area contributed by atoms with Crippen molar-refractivity contribution in [2.75, 3.05) is 38.2 Å². The van der Waals surface area contributed by atoms with Gasteiger partial charge in [0.25, 0.3) is 0 Å². The van der Waals surface area contributed by atoms with Crippen LogP contribution in [0, 0.1) is 0 Å². The van der Waals surface area contributed by atoms with Crippen molar-refractivity contribution >= 4 is 11.7 Å². The number of rotatable bonds is 4. The minimum Gasteiger partial charge on any atom is -0.497 e. The first-order valence-corrected chi connectivity index (χ1v) is 8.73. The highest BCUT2D eigenvalue weighted by Gasteiger charge is 2.40. The first-order valence-electron chi connectivity index (χ1n) is 8.73. The Labute approximate surface area is 148 Å². The highest BCUT2D eigenvalue weighted by atomic mass is 16.5. The predicted molar refractivity (Wildman–Crippen MR) is 97.9 cm³/mol. The van der Waals surface area contributed by atoms with Gasteiger partial charge in [-0.2, -0.15) is 0 Å². The molecule has 0 aromatic heterocycles. The SMILES string of the molecule is COc1cccc(CN2CCN3C(=O)N(c4ccccc4)C[C@H]3C2)c1. The van der Waals surface area contributed by atoms with E-state index in [0.29, 0.717) is 0 Å². The fourth-order valence-corrected chi connectivity index (χ4v) is 3.77. The molecule has 4 rings (SSSR count). The second-order valence-electron chi connectivity index (χ2n) is 6.66. The van der Waals surface area contributed by atoms with E-state index in [1.165, 1.54) is 5.56 Å². The van der Waals surface area contributed by atoms with Gasteiger partial charge in [-0.3, -0.25) is 9.80 Å². The van der Waals surface area contributed by atoms with Crippen molar-refractivity contribution in [1.82, 2.24) is 9.80 Å². The van der Waals surface area contributed by atoms with Crippen LogP contribution in [0.3, 0.4) is 0 Å². The lowest BCUT2D eigenvalue weighted by Gasteiger charge is -2.36. The minimum atomic E-state index is 0.136. The van der Waals surface area contributed by atoms with Crippen molar-refractivity contribution in [1.29, 1.82) is 0 Å². The van der Waals surface area contributed by atoms with E-state index in [2.05, 4.69) is 17.0 Å². The number of piperazine rings is 1. The van der Waals surface area contributed by atoms with Crippen LogP contribution in [0.2, 0.25) is 0 Å². The van der Waals surface area contributed by atoms with E-state index in [0.717, 1.165) is 44.2 Å². The number of amides is 2. The molecule has 0 aliphatic carbocycles. The Morgan fingerprint density at radius 2 is 1.88 bits per heavy atom. The molecule has 25 heavy (non-hydrogen) atoms. The molecule has 2 aromatic rings. The van der Waals surface area contributed by atoms with Gasteiger partial charge >= 0.3 is 6.03 Å². The summed E-state index contributed by atoms with van der Waals surface area (Å²) in [5, 5.41) is 0. The van der Waals surface area contributed by atoms with Crippen molar-refractivity contribution < 1.29 is 9.53 Å². The third-order valence-electron chi connectivity index (χ3n) is 5.04. The van der Waals surface area contributed by atoms with Crippen molar-refractivity contribution in [2.45, 2.75) is 12.6 Å². The number of carbonyl (C=O) groups excluding carboxylic acids is 1. The number of benzene rings is 2. The third kappa shape index (κ3) is 3.20. The maximum absolute atomic E-state index is 12.7. The molecular formula is C20H23N3O2. The number of para-hydroxylation sites is 1. The summed E-state index contributed by atoms with van der Waals surface area (Å²) >= 11 is 0. The Balaban J connectivity index is 1.44. The lowest BCUT2D eigenvalue weighted by Crippen LogP contribution is -2.51. The fraction of sp³-hybridized carbons (Fsp3) is 0.350. The molecule has 0 radical (unpaired) electrons. The van der Waals surface area contributed by atoms with Gasteiger partial charge in [0, 0.05) is 38.4 Å². The average molecular weight is 337 g/mol. The van der Waals surface area contributed by atoms with Crippen LogP contribution in [-0.2, 0) is 6.54 Å². The van der Waals surface area contributed by atoms with Crippen LogP contribution in [0.25, 0.3) is 0 Å². The van der Waals surface area contributed by atoms with E-state index in [1.54, 1.807) is 7.11 Å². The van der Waals surface area contributed by atoms with Gasteiger partial charge in [-0.05, 0) is 29.8 Å². The Morgan fingerprint density at radius 3 is 2.68 bits per heavy atom. The number of methoxy groups -OCH3 is 1. The van der Waals surface area contributed by atoms with Gasteiger partial charge in [0.1, 0.15) is 5.75 Å². The zero-order valence-corrected chi connectivity index (χ0v) is 14.5. The lowest BCUT2D eigenvalue weighted by atomic mass is 10.1. The van der Waals surface area contributed by atoms with Crippen LogP contribution in [0.5, 0.6) is 5.75 Å². The summed E-state index contributed by atoms with van der Waals surface area (Å²) < 4.78 is 5.31. The van der Waals surface area contributed by atoms with Gasteiger partial charge in [0.15, 0.2) is 0 Å². The molecule has 0 saturated carbocycles. The van der Waals surface area contributed by atoms with Crippen molar-refractivity contribution in [3.63, 3.8) is 0 Å². The number of hydrogen-bond acceptors (Lipinski definition) is 3. The van der Waals surface area contributed by atoms with Crippen LogP contribution in [0.1, 0.15) is 5.56 Å². The van der Waals surface area contributed by atoms with Crippen molar-refractivity contribution in [3.05, 3.63) is 60.2 Å². The zero-order chi connectivity index (χ0) is 17.2. The van der Waals surface area contributed by atoms with Crippen LogP contribution < -0.4 is 9.64 Å². The second kappa shape index (κ2) is 6.76. The van der Waals surface area contributed by atoms with Gasteiger partial charge in [0.05, 0.1) is 13.2 Å². The zero-order valence-electron chi connectivity index (χ0n) is 14.5. The largest absolute Gasteiger partial charge is 0.497 e. The fourth-order valence-electron chi connectivity index (χ4n) is 3.77. The quantitative estimate of drug-likeness (QED) is 0.861. The summed E-state index contributed by atoms with van der Waals surface area (Å²) in [6.07, 6.45) is 0. The molecule has 5 nitrogen and oxygen atoms in total. The molecule has 2 saturated heterocycles. The van der Waals surface area contributed by atoms with E-state index in [1.807, 2.05) is 52.3 Å². The van der Waals surface area contributed by atoms with E-state index < -0.39 is 0 Å². The summed E-state index contributed by atoms with van der Waals surface area (Å²) in [6, 6.07) is 18.6. The van der Waals surface area contributed by atoms with Crippen LogP contribution >= 0.6 is 0 Å². The smallest absolute Gasteiger partial charge is 0.324 e. The van der Waals surface area contributed by atoms with Gasteiger partial charge in [-0.1, -0.05) is 30.3 Å². The number of urea groups is 1. The van der Waals surface area contributed by atoms with Crippen LogP contribution in [0.4, 0.5) is 10.5 Å². The predicted octanol–water partition coefficient (Wildman–Crippen LogP) is 2.82. The molecular weight excluding hydrogens is 314 g/mol. The van der Waals surface area contributed by atoms with Crippen LogP contribution in [0.15, 0.2) is 54.6 Å². The number of fused-ring (bicyclic) bond motifs is 1. The van der Waals surface area contributed by atoms with Crippen molar-refractivity contribution in [3.8, 4) is 5.75 Å². The van der Waals surface area contributed by atoms with E-state index in [4.69, 9.17) is 4.74 Å². The molecule has 2 heterocycles. The number of anilines is 1. The normalized spacial score (nSPS) is 20.7. The maximum Gasteiger partial charge on any atom is 0.324 e. The summed E-state index contributed by atoms with van der Waals surface area (Å²) in [6.45, 7) is 4.25. The number of hydrogen-bond donors (Lipinski definition) is 0. The standard InChI is InChI=1S/C20H23N3O2/c1-25-19-9-5-6-16(12-19)13-21-10-11-22-18(14-21)15-23(20(22)24)17-7-3-2-4-8-17/h2-9,12,18H,10-11,13-15H2,1H3/t18-/m1/s1. The Bertz CT molecular complexity index is 750. The molecule has 2 fully saturated rings. The molecule has 2 aromatic carbocycles. The van der Waals surface area contributed by atoms with Gasteiger partial charge in [-0.25, -0.2) is 4.79 Å². The highest BCUT2D eigenvalue weighted by Crippen LogP contribution is 2.27. The summed E-state index contributed by atoms with van der Waals surface area (Å²) in [7, 11) is 1.69. The Morgan fingerprint density at radius 1 is 1.04 bits per heavy atom. The summed E-state index contributed by atoms with van der Waals surface area (Å²) in [4.78, 5) is 19.1. The van der Waals surface area contributed by atoms with Gasteiger partial charge in [-0.15, -0.1) is 0 Å². The molecule has 0 N–H and O–H groups in total. The first kappa shape index (κ1) is 16.0. The third-order valence-corrected chi connectivity index (χ3v) is 5.04. The molecule has 0 bridgehead atoms. The van der Waals surface area contributed by atoms with Gasteiger partial charge in [0.2, 0.25) is 0 Å². The maximum atomic E-state index is 12.7. The topological polar surface area (TPSA) is 36.0 Å². The van der Waals surface area contributed by atoms with E-state index >= 15 is 0 Å². The number of carbonyl (C=O) groups is 1. The molecule has 5 heteroatoms. The van der Waals surface area contributed by atoms with Crippen LogP contribution in [-0.4, -0.2) is 55.2 Å². The van der Waals surface area contributed by atoms with E-state index in [-0.39, 0.29) is 12.1 Å². The molecule has 0 unspecified atom stereocenters. The molecule has 1 atom stereocenters. The summed E-state index contributed by atoms with van der Waals surface area (Å²) in [5.41, 5.74) is 2.23. The number of ether oxygens (including phenoxy) is 1. The van der Waals surface area contributed by atoms with E-state index in [9.17, 15) is 4.79 Å².